The number of benzene rings is 2. The number of rotatable bonds is 5. The Bertz CT molecular complexity index is 608. The molecule has 21 heavy (non-hydrogen) atoms. The average Bonchev–Trinajstić information content (AvgIpc) is 2.54. The minimum Gasteiger partial charge on any atom is -0.497 e. The van der Waals surface area contributed by atoms with Crippen molar-refractivity contribution in [3.05, 3.63) is 54.1 Å². The van der Waals surface area contributed by atoms with Crippen molar-refractivity contribution in [3.63, 3.8) is 0 Å². The van der Waals surface area contributed by atoms with Crippen molar-refractivity contribution in [3.8, 4) is 16.9 Å². The van der Waals surface area contributed by atoms with E-state index in [2.05, 4.69) is 4.74 Å². The first-order chi connectivity index (χ1) is 10.1. The summed E-state index contributed by atoms with van der Waals surface area (Å²) >= 11 is 0. The highest BCUT2D eigenvalue weighted by Crippen LogP contribution is 2.24. The molecule has 1 atom stereocenters. The summed E-state index contributed by atoms with van der Waals surface area (Å²) in [5, 5.41) is 0. The van der Waals surface area contributed by atoms with Crippen LogP contribution in [0.4, 0.5) is 0 Å². The summed E-state index contributed by atoms with van der Waals surface area (Å²) in [6.45, 7) is 0. The van der Waals surface area contributed by atoms with Crippen molar-refractivity contribution < 1.29 is 14.3 Å². The van der Waals surface area contributed by atoms with Crippen LogP contribution in [0.3, 0.4) is 0 Å². The minimum atomic E-state index is -0.627. The van der Waals surface area contributed by atoms with Gasteiger partial charge in [0.2, 0.25) is 0 Å². The maximum Gasteiger partial charge on any atom is 0.322 e. The van der Waals surface area contributed by atoms with Gasteiger partial charge in [-0.1, -0.05) is 36.4 Å². The second-order valence-electron chi connectivity index (χ2n) is 4.76. The molecule has 0 aromatic heterocycles. The van der Waals surface area contributed by atoms with Crippen LogP contribution in [0.1, 0.15) is 5.56 Å². The van der Waals surface area contributed by atoms with Gasteiger partial charge in [0.05, 0.1) is 14.2 Å². The van der Waals surface area contributed by atoms with E-state index in [9.17, 15) is 4.79 Å². The van der Waals surface area contributed by atoms with Crippen LogP contribution in [-0.2, 0) is 16.0 Å². The van der Waals surface area contributed by atoms with Gasteiger partial charge in [-0.25, -0.2) is 0 Å². The lowest BCUT2D eigenvalue weighted by Crippen LogP contribution is -2.33. The van der Waals surface area contributed by atoms with Crippen LogP contribution in [0.5, 0.6) is 5.75 Å². The number of hydrogen-bond donors (Lipinski definition) is 1. The molecule has 0 bridgehead atoms. The smallest absolute Gasteiger partial charge is 0.322 e. The predicted molar refractivity (Wildman–Crippen MR) is 82.1 cm³/mol. The molecule has 0 saturated heterocycles. The Labute approximate surface area is 124 Å². The second kappa shape index (κ2) is 6.90. The number of esters is 1. The Hall–Kier alpha value is -2.33. The molecule has 0 saturated carbocycles. The lowest BCUT2D eigenvalue weighted by Gasteiger charge is -2.10. The van der Waals surface area contributed by atoms with E-state index in [1.165, 1.54) is 7.11 Å². The Morgan fingerprint density at radius 3 is 2.43 bits per heavy atom. The summed E-state index contributed by atoms with van der Waals surface area (Å²) < 4.78 is 9.85. The van der Waals surface area contributed by atoms with Gasteiger partial charge in [-0.15, -0.1) is 0 Å². The zero-order chi connectivity index (χ0) is 15.2. The van der Waals surface area contributed by atoms with Gasteiger partial charge in [0.1, 0.15) is 11.8 Å². The van der Waals surface area contributed by atoms with E-state index < -0.39 is 12.0 Å². The van der Waals surface area contributed by atoms with Crippen LogP contribution < -0.4 is 10.5 Å². The normalized spacial score (nSPS) is 11.8. The maximum absolute atomic E-state index is 11.3. The molecule has 0 heterocycles. The number of nitrogens with two attached hydrogens (primary N) is 1. The van der Waals surface area contributed by atoms with Gasteiger partial charge >= 0.3 is 5.97 Å². The van der Waals surface area contributed by atoms with E-state index in [1.807, 2.05) is 48.5 Å². The third-order valence-electron chi connectivity index (χ3n) is 3.32. The van der Waals surface area contributed by atoms with Gasteiger partial charge in [0, 0.05) is 0 Å². The fourth-order valence-electron chi connectivity index (χ4n) is 2.12. The molecule has 2 aromatic rings. The number of carbonyl (C=O) groups is 1. The second-order valence-corrected chi connectivity index (χ2v) is 4.76. The molecule has 4 nitrogen and oxygen atoms in total. The highest BCUT2D eigenvalue weighted by molar-refractivity contribution is 5.75. The van der Waals surface area contributed by atoms with Crippen molar-refractivity contribution in [2.24, 2.45) is 5.73 Å². The molecule has 4 heteroatoms. The van der Waals surface area contributed by atoms with Crippen molar-refractivity contribution >= 4 is 5.97 Å². The van der Waals surface area contributed by atoms with Gasteiger partial charge in [-0.2, -0.15) is 0 Å². The summed E-state index contributed by atoms with van der Waals surface area (Å²) in [6.07, 6.45) is 0.463. The standard InChI is InChI=1S/C17H19NO3/c1-20-15-5-3-4-14(11-15)13-8-6-12(7-9-13)10-16(18)17(19)21-2/h3-9,11,16H,10,18H2,1-2H3/t16-/m0/s1. The largest absolute Gasteiger partial charge is 0.497 e. The van der Waals surface area contributed by atoms with E-state index in [1.54, 1.807) is 7.11 Å². The molecule has 0 unspecified atom stereocenters. The van der Waals surface area contributed by atoms with Crippen LogP contribution in [0.25, 0.3) is 11.1 Å². The first-order valence-corrected chi connectivity index (χ1v) is 6.71. The van der Waals surface area contributed by atoms with Gasteiger partial charge in [0.15, 0.2) is 0 Å². The van der Waals surface area contributed by atoms with Crippen molar-refractivity contribution in [2.45, 2.75) is 12.5 Å². The Balaban J connectivity index is 2.13. The molecule has 0 radical (unpaired) electrons. The van der Waals surface area contributed by atoms with Crippen molar-refractivity contribution in [1.29, 1.82) is 0 Å². The first-order valence-electron chi connectivity index (χ1n) is 6.71. The zero-order valence-electron chi connectivity index (χ0n) is 12.2. The van der Waals surface area contributed by atoms with Gasteiger partial charge < -0.3 is 15.2 Å². The molecular weight excluding hydrogens is 266 g/mol. The quantitative estimate of drug-likeness (QED) is 0.857. The molecule has 0 aliphatic carbocycles. The average molecular weight is 285 g/mol. The Kier molecular flexibility index (Phi) is 4.95. The molecule has 0 fully saturated rings. The zero-order valence-corrected chi connectivity index (χ0v) is 12.2. The van der Waals surface area contributed by atoms with E-state index in [0.717, 1.165) is 22.4 Å². The first kappa shape index (κ1) is 15.1. The van der Waals surface area contributed by atoms with E-state index in [-0.39, 0.29) is 0 Å². The highest BCUT2D eigenvalue weighted by atomic mass is 16.5. The van der Waals surface area contributed by atoms with Crippen molar-refractivity contribution in [1.82, 2.24) is 0 Å². The van der Waals surface area contributed by atoms with E-state index in [0.29, 0.717) is 6.42 Å². The minimum absolute atomic E-state index is 0.396. The van der Waals surface area contributed by atoms with Crippen LogP contribution in [0.15, 0.2) is 48.5 Å². The topological polar surface area (TPSA) is 61.5 Å². The van der Waals surface area contributed by atoms with Crippen LogP contribution >= 0.6 is 0 Å². The fraction of sp³-hybridized carbons (Fsp3) is 0.235. The molecule has 2 aromatic carbocycles. The Morgan fingerprint density at radius 2 is 1.81 bits per heavy atom. The van der Waals surface area contributed by atoms with Crippen molar-refractivity contribution in [2.75, 3.05) is 14.2 Å². The lowest BCUT2D eigenvalue weighted by atomic mass is 10.0. The molecular formula is C17H19NO3. The molecule has 2 rings (SSSR count). The van der Waals surface area contributed by atoms with Crippen LogP contribution in [0.2, 0.25) is 0 Å². The lowest BCUT2D eigenvalue weighted by molar-refractivity contribution is -0.142. The maximum atomic E-state index is 11.3. The summed E-state index contributed by atoms with van der Waals surface area (Å²) in [4.78, 5) is 11.3. The highest BCUT2D eigenvalue weighted by Gasteiger charge is 2.14. The Morgan fingerprint density at radius 1 is 1.10 bits per heavy atom. The molecule has 0 aliphatic heterocycles. The summed E-state index contributed by atoms with van der Waals surface area (Å²) in [7, 11) is 2.99. The summed E-state index contributed by atoms with van der Waals surface area (Å²) in [5.41, 5.74) is 8.92. The van der Waals surface area contributed by atoms with E-state index in [4.69, 9.17) is 10.5 Å². The molecule has 0 amide bonds. The number of hydrogen-bond acceptors (Lipinski definition) is 4. The van der Waals surface area contributed by atoms with Crippen LogP contribution in [0, 0.1) is 0 Å². The molecule has 0 aliphatic rings. The van der Waals surface area contributed by atoms with Crippen LogP contribution in [-0.4, -0.2) is 26.2 Å². The number of carbonyl (C=O) groups excluding carboxylic acids is 1. The molecule has 0 spiro atoms. The summed E-state index contributed by atoms with van der Waals surface area (Å²) in [5.74, 6) is 0.427. The third-order valence-corrected chi connectivity index (χ3v) is 3.32. The predicted octanol–water partition coefficient (Wildman–Crippen LogP) is 2.41. The SMILES string of the molecule is COC(=O)[C@@H](N)Cc1ccc(-c2cccc(OC)c2)cc1. The molecule has 110 valence electrons. The molecule has 2 N–H and O–H groups in total. The van der Waals surface area contributed by atoms with E-state index >= 15 is 0 Å². The van der Waals surface area contributed by atoms with Gasteiger partial charge in [-0.3, -0.25) is 4.79 Å². The van der Waals surface area contributed by atoms with Gasteiger partial charge in [-0.05, 0) is 35.2 Å². The number of methoxy groups -OCH3 is 2. The fourth-order valence-corrected chi connectivity index (χ4v) is 2.12. The number of ether oxygens (including phenoxy) is 2. The third kappa shape index (κ3) is 3.83. The summed E-state index contributed by atoms with van der Waals surface area (Å²) in [6, 6.07) is 15.2. The monoisotopic (exact) mass is 285 g/mol. The van der Waals surface area contributed by atoms with Gasteiger partial charge in [0.25, 0.3) is 0 Å².